The molecule has 0 atom stereocenters. The SMILES string of the molecule is C.Cl.Cn1c(N2CCN(CCCOc3ccc4cc3NS(=O)(=O)c3ccccc3C4=O)CC2)cc(=O)n(C)c1=O. The molecule has 1 N–H and O–H groups in total. The molecule has 216 valence electrons. The van der Waals surface area contributed by atoms with Crippen LogP contribution < -0.4 is 25.6 Å². The Morgan fingerprint density at radius 3 is 2.35 bits per heavy atom. The van der Waals surface area contributed by atoms with E-state index in [4.69, 9.17) is 4.74 Å². The highest BCUT2D eigenvalue weighted by Crippen LogP contribution is 2.33. The Morgan fingerprint density at radius 2 is 1.62 bits per heavy atom. The molecule has 1 fully saturated rings. The molecule has 0 spiro atoms. The fourth-order valence-corrected chi connectivity index (χ4v) is 6.08. The van der Waals surface area contributed by atoms with E-state index in [1.807, 2.05) is 4.90 Å². The van der Waals surface area contributed by atoms with E-state index in [1.54, 1.807) is 31.3 Å². The lowest BCUT2D eigenvalue weighted by molar-refractivity contribution is 0.103. The Balaban J connectivity index is 0.00000220. The zero-order chi connectivity index (χ0) is 27.0. The summed E-state index contributed by atoms with van der Waals surface area (Å²) in [5, 5.41) is 0. The fraction of sp³-hybridized carbons (Fsp3) is 0.370. The molecule has 0 amide bonds. The first kappa shape index (κ1) is 30.9. The molecule has 0 saturated carbocycles. The second-order valence-electron chi connectivity index (χ2n) is 9.41. The highest BCUT2D eigenvalue weighted by Gasteiger charge is 2.28. The van der Waals surface area contributed by atoms with E-state index < -0.39 is 10.0 Å². The van der Waals surface area contributed by atoms with Crippen LogP contribution in [-0.4, -0.2) is 67.6 Å². The van der Waals surface area contributed by atoms with Crippen LogP contribution in [0.4, 0.5) is 11.5 Å². The zero-order valence-corrected chi connectivity index (χ0v) is 23.3. The number of aromatic nitrogens is 2. The number of carbonyl (C=O) groups is 1. The Hall–Kier alpha value is -3.61. The van der Waals surface area contributed by atoms with Crippen LogP contribution in [0.5, 0.6) is 5.75 Å². The minimum Gasteiger partial charge on any atom is -0.491 e. The van der Waals surface area contributed by atoms with Gasteiger partial charge in [-0.05, 0) is 36.8 Å². The number of piperazine rings is 1. The number of rotatable bonds is 6. The van der Waals surface area contributed by atoms with Gasteiger partial charge in [0.2, 0.25) is 0 Å². The maximum absolute atomic E-state index is 12.9. The first-order chi connectivity index (χ1) is 18.2. The minimum absolute atomic E-state index is 0. The maximum Gasteiger partial charge on any atom is 0.332 e. The lowest BCUT2D eigenvalue weighted by atomic mass is 10.0. The predicted octanol–water partition coefficient (Wildman–Crippen LogP) is 2.08. The number of anilines is 2. The van der Waals surface area contributed by atoms with Gasteiger partial charge < -0.3 is 9.64 Å². The van der Waals surface area contributed by atoms with Gasteiger partial charge in [-0.3, -0.25) is 28.3 Å². The number of ketones is 1. The molecular formula is C27H34ClN5O6S. The fourth-order valence-electron chi connectivity index (χ4n) is 4.82. The first-order valence-electron chi connectivity index (χ1n) is 12.3. The van der Waals surface area contributed by atoms with Gasteiger partial charge in [-0.2, -0.15) is 0 Å². The quantitative estimate of drug-likeness (QED) is 0.432. The standard InChI is InChI=1S/C26H29N5O6S.CH4.ClH/c1-28-23(17-24(32)29(2)26(28)34)31-13-11-30(12-14-31)10-5-15-37-21-9-8-18-16-20(21)27-38(35,36)22-7-4-3-6-19(22)25(18)33;;/h3-4,6-9,16-17,27H,5,10-15H2,1-2H3;1H4;1H. The van der Waals surface area contributed by atoms with Crippen LogP contribution in [0.3, 0.4) is 0 Å². The molecule has 3 aromatic rings. The van der Waals surface area contributed by atoms with Crippen molar-refractivity contribution in [2.45, 2.75) is 18.7 Å². The van der Waals surface area contributed by atoms with Crippen molar-refractivity contribution in [1.82, 2.24) is 14.0 Å². The average molecular weight is 592 g/mol. The van der Waals surface area contributed by atoms with E-state index in [2.05, 4.69) is 9.62 Å². The number of halogens is 1. The third kappa shape index (κ3) is 5.93. The molecule has 11 nitrogen and oxygen atoms in total. The first-order valence-corrected chi connectivity index (χ1v) is 13.8. The number of hydrogen-bond acceptors (Lipinski definition) is 8. The lowest BCUT2D eigenvalue weighted by Crippen LogP contribution is -2.49. The number of nitrogens with zero attached hydrogens (tertiary/aromatic N) is 4. The molecule has 0 aliphatic carbocycles. The average Bonchev–Trinajstić information content (AvgIpc) is 2.92. The number of hydrogen-bond donors (Lipinski definition) is 1. The van der Waals surface area contributed by atoms with Crippen LogP contribution in [0.25, 0.3) is 0 Å². The van der Waals surface area contributed by atoms with Crippen LogP contribution in [0.15, 0.2) is 63.0 Å². The molecule has 13 heteroatoms. The number of sulfonamides is 1. The van der Waals surface area contributed by atoms with Crippen LogP contribution >= 0.6 is 12.4 Å². The van der Waals surface area contributed by atoms with Crippen molar-refractivity contribution < 1.29 is 17.9 Å². The van der Waals surface area contributed by atoms with Crippen molar-refractivity contribution in [2.75, 3.05) is 49.0 Å². The van der Waals surface area contributed by atoms with Gasteiger partial charge in [0.25, 0.3) is 15.6 Å². The number of ether oxygens (including phenoxy) is 1. The van der Waals surface area contributed by atoms with Gasteiger partial charge in [0.05, 0.1) is 17.2 Å². The number of carbonyl (C=O) groups excluding carboxylic acids is 1. The minimum atomic E-state index is -3.95. The lowest BCUT2D eigenvalue weighted by Gasteiger charge is -2.36. The molecule has 0 radical (unpaired) electrons. The number of fused-ring (bicyclic) bond motifs is 3. The Labute approximate surface area is 239 Å². The summed E-state index contributed by atoms with van der Waals surface area (Å²) in [4.78, 5) is 41.5. The zero-order valence-electron chi connectivity index (χ0n) is 21.6. The van der Waals surface area contributed by atoms with Crippen LogP contribution in [-0.2, 0) is 24.1 Å². The molecule has 2 aliphatic heterocycles. The molecule has 0 unspecified atom stereocenters. The van der Waals surface area contributed by atoms with Gasteiger partial charge in [0.1, 0.15) is 11.6 Å². The Kier molecular flexibility index (Phi) is 9.49. The van der Waals surface area contributed by atoms with Crippen LogP contribution in [0.2, 0.25) is 0 Å². The summed E-state index contributed by atoms with van der Waals surface area (Å²) < 4.78 is 36.9. The van der Waals surface area contributed by atoms with Gasteiger partial charge in [-0.15, -0.1) is 12.4 Å². The summed E-state index contributed by atoms with van der Waals surface area (Å²) >= 11 is 0. The van der Waals surface area contributed by atoms with Crippen molar-refractivity contribution >= 4 is 39.7 Å². The normalized spacial score (nSPS) is 15.9. The van der Waals surface area contributed by atoms with Gasteiger partial charge in [-0.1, -0.05) is 19.6 Å². The summed E-state index contributed by atoms with van der Waals surface area (Å²) in [6.07, 6.45) is 0.708. The van der Waals surface area contributed by atoms with Crippen LogP contribution in [0.1, 0.15) is 29.8 Å². The monoisotopic (exact) mass is 591 g/mol. The van der Waals surface area contributed by atoms with Crippen LogP contribution in [0, 0.1) is 0 Å². The van der Waals surface area contributed by atoms with E-state index >= 15 is 0 Å². The summed E-state index contributed by atoms with van der Waals surface area (Å²) in [5.41, 5.74) is 0.0852. The van der Waals surface area contributed by atoms with Gasteiger partial charge >= 0.3 is 5.69 Å². The second-order valence-corrected chi connectivity index (χ2v) is 11.1. The third-order valence-electron chi connectivity index (χ3n) is 6.98. The maximum atomic E-state index is 12.9. The molecule has 2 aliphatic rings. The van der Waals surface area contributed by atoms with E-state index in [0.717, 1.165) is 24.2 Å². The molecule has 2 aromatic carbocycles. The third-order valence-corrected chi connectivity index (χ3v) is 8.40. The molecule has 1 aromatic heterocycles. The topological polar surface area (TPSA) is 123 Å². The second kappa shape index (κ2) is 12.3. The Bertz CT molecular complexity index is 1630. The molecule has 1 saturated heterocycles. The van der Waals surface area contributed by atoms with Gasteiger partial charge in [0.15, 0.2) is 5.78 Å². The summed E-state index contributed by atoms with van der Waals surface area (Å²) in [6.45, 7) is 4.04. The Morgan fingerprint density at radius 1 is 0.925 bits per heavy atom. The highest BCUT2D eigenvalue weighted by molar-refractivity contribution is 7.92. The molecule has 3 heterocycles. The van der Waals surface area contributed by atoms with Gasteiger partial charge in [-0.25, -0.2) is 13.2 Å². The van der Waals surface area contributed by atoms with Crippen molar-refractivity contribution in [1.29, 1.82) is 0 Å². The smallest absolute Gasteiger partial charge is 0.332 e. The number of benzene rings is 2. The largest absolute Gasteiger partial charge is 0.491 e. The summed E-state index contributed by atoms with van der Waals surface area (Å²) in [6, 6.07) is 12.4. The van der Waals surface area contributed by atoms with E-state index in [0.29, 0.717) is 43.2 Å². The molecular weight excluding hydrogens is 558 g/mol. The summed E-state index contributed by atoms with van der Waals surface area (Å²) in [7, 11) is -0.815. The van der Waals surface area contributed by atoms with Crippen molar-refractivity contribution in [2.24, 2.45) is 14.1 Å². The predicted molar refractivity (Wildman–Crippen MR) is 157 cm³/mol. The van der Waals surface area contributed by atoms with Crippen molar-refractivity contribution in [3.8, 4) is 5.75 Å². The summed E-state index contributed by atoms with van der Waals surface area (Å²) in [5.74, 6) is 0.628. The van der Waals surface area contributed by atoms with Crippen molar-refractivity contribution in [3.05, 3.63) is 80.5 Å². The van der Waals surface area contributed by atoms with Crippen molar-refractivity contribution in [3.63, 3.8) is 0 Å². The molecule has 2 bridgehead atoms. The van der Waals surface area contributed by atoms with E-state index in [1.165, 1.54) is 35.9 Å². The van der Waals surface area contributed by atoms with E-state index in [-0.39, 0.29) is 53.0 Å². The molecule has 5 rings (SSSR count). The van der Waals surface area contributed by atoms with Gasteiger partial charge in [0, 0.05) is 64.0 Å². The molecule has 40 heavy (non-hydrogen) atoms. The number of nitrogens with one attached hydrogen (secondary N) is 1. The highest BCUT2D eigenvalue weighted by atomic mass is 35.5. The van der Waals surface area contributed by atoms with E-state index in [9.17, 15) is 22.8 Å².